The number of aryl methyl sites for hydroxylation is 1. The van der Waals surface area contributed by atoms with E-state index in [0.717, 1.165) is 24.8 Å². The minimum absolute atomic E-state index is 0.0647. The highest BCUT2D eigenvalue weighted by Crippen LogP contribution is 2.33. The summed E-state index contributed by atoms with van der Waals surface area (Å²) in [5.41, 5.74) is 2.03. The zero-order valence-electron chi connectivity index (χ0n) is 13.4. The molecule has 0 saturated carbocycles. The molecule has 138 valence electrons. The Morgan fingerprint density at radius 2 is 1.96 bits per heavy atom. The van der Waals surface area contributed by atoms with Crippen molar-refractivity contribution in [2.24, 2.45) is 5.14 Å². The van der Waals surface area contributed by atoms with Crippen molar-refractivity contribution in [3.8, 4) is 0 Å². The molecule has 1 amide bonds. The molecule has 0 fully saturated rings. The van der Waals surface area contributed by atoms with E-state index in [2.05, 4.69) is 0 Å². The van der Waals surface area contributed by atoms with Crippen molar-refractivity contribution >= 4 is 27.2 Å². The van der Waals surface area contributed by atoms with Crippen LogP contribution in [0, 0.1) is 0 Å². The van der Waals surface area contributed by atoms with Crippen molar-refractivity contribution in [2.75, 3.05) is 11.1 Å². The van der Waals surface area contributed by atoms with E-state index in [4.69, 9.17) is 5.14 Å². The van der Waals surface area contributed by atoms with Gasteiger partial charge in [-0.25, -0.2) is 13.6 Å². The van der Waals surface area contributed by atoms with E-state index in [1.54, 1.807) is 6.07 Å². The van der Waals surface area contributed by atoms with E-state index < -0.39 is 22.1 Å². The Bertz CT molecular complexity index is 786. The predicted octanol–water partition coefficient (Wildman–Crippen LogP) is 2.98. The molecule has 0 unspecified atom stereocenters. The Balaban J connectivity index is 2.34. The molecule has 3 N–H and O–H groups in total. The summed E-state index contributed by atoms with van der Waals surface area (Å²) in [6, 6.07) is 4.48. The molecule has 9 heteroatoms. The van der Waals surface area contributed by atoms with E-state index in [0.29, 0.717) is 17.5 Å². The predicted molar refractivity (Wildman–Crippen MR) is 89.2 cm³/mol. The van der Waals surface area contributed by atoms with Gasteiger partial charge in [-0.05, 0) is 55.4 Å². The van der Waals surface area contributed by atoms with Gasteiger partial charge in [-0.2, -0.15) is 13.2 Å². The fraction of sp³-hybridized carbons (Fsp3) is 0.438. The molecule has 0 saturated heterocycles. The number of sulfonamides is 1. The van der Waals surface area contributed by atoms with Gasteiger partial charge in [-0.1, -0.05) is 12.1 Å². The van der Waals surface area contributed by atoms with Crippen LogP contribution in [-0.2, 0) is 21.2 Å². The molecular weight excluding hydrogens is 357 g/mol. The molecule has 0 heterocycles. The first-order valence-corrected chi connectivity index (χ1v) is 9.49. The second-order valence-corrected chi connectivity index (χ2v) is 7.66. The lowest BCUT2D eigenvalue weighted by molar-refractivity contribution is -0.167. The van der Waals surface area contributed by atoms with Crippen molar-refractivity contribution in [3.05, 3.63) is 35.4 Å². The Morgan fingerprint density at radius 3 is 2.52 bits per heavy atom. The highest BCUT2D eigenvalue weighted by atomic mass is 32.2. The van der Waals surface area contributed by atoms with Crippen LogP contribution in [-0.4, -0.2) is 26.3 Å². The third-order valence-electron chi connectivity index (χ3n) is 3.90. The second kappa shape index (κ2) is 7.57. The van der Waals surface area contributed by atoms with Gasteiger partial charge in [-0.3, -0.25) is 4.79 Å². The molecule has 2 rings (SSSR count). The van der Waals surface area contributed by atoms with Crippen LogP contribution in [0.4, 0.5) is 18.9 Å². The van der Waals surface area contributed by atoms with Gasteiger partial charge in [0.05, 0.1) is 5.75 Å². The number of anilines is 1. The molecule has 0 atom stereocenters. The summed E-state index contributed by atoms with van der Waals surface area (Å²) in [5.74, 6) is -2.30. The second-order valence-electron chi connectivity index (χ2n) is 5.92. The van der Waals surface area contributed by atoms with Gasteiger partial charge in [0.2, 0.25) is 10.0 Å². The first kappa shape index (κ1) is 19.5. The first-order valence-electron chi connectivity index (χ1n) is 7.77. The Kier molecular flexibility index (Phi) is 5.89. The molecule has 1 aliphatic carbocycles. The van der Waals surface area contributed by atoms with Crippen molar-refractivity contribution < 1.29 is 26.4 Å². The summed E-state index contributed by atoms with van der Waals surface area (Å²) in [4.78, 5) is 11.3. The fourth-order valence-corrected chi connectivity index (χ4v) is 3.18. The number of hydrogen-bond donors (Lipinski definition) is 2. The van der Waals surface area contributed by atoms with E-state index in [1.165, 1.54) is 12.1 Å². The summed E-state index contributed by atoms with van der Waals surface area (Å²) in [7, 11) is -3.64. The molecule has 0 aromatic heterocycles. The van der Waals surface area contributed by atoms with Crippen molar-refractivity contribution in [2.45, 2.75) is 38.3 Å². The molecule has 1 aliphatic rings. The highest BCUT2D eigenvalue weighted by molar-refractivity contribution is 7.89. The SMILES string of the molecule is NS(=O)(=O)CCc1ccc(NC(=O)C(F)(F)F)c(C2=CCCCC2)c1. The molecule has 0 aliphatic heterocycles. The topological polar surface area (TPSA) is 89.3 Å². The third-order valence-corrected chi connectivity index (χ3v) is 4.67. The number of amides is 1. The van der Waals surface area contributed by atoms with Gasteiger partial charge in [0.25, 0.3) is 0 Å². The van der Waals surface area contributed by atoms with Crippen LogP contribution >= 0.6 is 0 Å². The number of primary sulfonamides is 1. The Labute approximate surface area is 144 Å². The van der Waals surface area contributed by atoms with Gasteiger partial charge in [0.1, 0.15) is 0 Å². The van der Waals surface area contributed by atoms with Gasteiger partial charge >= 0.3 is 12.1 Å². The number of halogens is 3. The maximum Gasteiger partial charge on any atom is 0.471 e. The summed E-state index contributed by atoms with van der Waals surface area (Å²) in [5, 5.41) is 6.89. The lowest BCUT2D eigenvalue weighted by Gasteiger charge is -2.19. The number of carbonyl (C=O) groups excluding carboxylic acids is 1. The number of alkyl halides is 3. The van der Waals surface area contributed by atoms with Crippen LogP contribution in [0.2, 0.25) is 0 Å². The number of benzene rings is 1. The van der Waals surface area contributed by atoms with Gasteiger partial charge in [-0.15, -0.1) is 0 Å². The van der Waals surface area contributed by atoms with E-state index in [1.807, 2.05) is 11.4 Å². The smallest absolute Gasteiger partial charge is 0.318 e. The van der Waals surface area contributed by atoms with Crippen LogP contribution in [0.1, 0.15) is 36.8 Å². The average molecular weight is 376 g/mol. The quantitative estimate of drug-likeness (QED) is 0.828. The molecule has 1 aromatic carbocycles. The van der Waals surface area contributed by atoms with Crippen LogP contribution in [0.3, 0.4) is 0 Å². The summed E-state index contributed by atoms with van der Waals surface area (Å²) >= 11 is 0. The van der Waals surface area contributed by atoms with Crippen molar-refractivity contribution in [1.82, 2.24) is 0 Å². The average Bonchev–Trinajstić information content (AvgIpc) is 2.53. The van der Waals surface area contributed by atoms with Crippen LogP contribution in [0.25, 0.3) is 5.57 Å². The normalized spacial score (nSPS) is 15.6. The summed E-state index contributed by atoms with van der Waals surface area (Å²) in [6.07, 6.45) is 0.498. The minimum atomic E-state index is -4.98. The number of carbonyl (C=O) groups is 1. The minimum Gasteiger partial charge on any atom is -0.318 e. The number of allylic oxidation sites excluding steroid dienone is 2. The van der Waals surface area contributed by atoms with Crippen LogP contribution in [0.15, 0.2) is 24.3 Å². The molecule has 0 spiro atoms. The molecular formula is C16H19F3N2O3S. The molecule has 25 heavy (non-hydrogen) atoms. The number of rotatable bonds is 5. The summed E-state index contributed by atoms with van der Waals surface area (Å²) in [6.45, 7) is 0. The zero-order chi connectivity index (χ0) is 18.7. The van der Waals surface area contributed by atoms with Gasteiger partial charge < -0.3 is 5.32 Å². The molecule has 0 bridgehead atoms. The zero-order valence-corrected chi connectivity index (χ0v) is 14.2. The van der Waals surface area contributed by atoms with E-state index >= 15 is 0 Å². The van der Waals surface area contributed by atoms with Gasteiger partial charge in [0.15, 0.2) is 0 Å². The lowest BCUT2D eigenvalue weighted by Crippen LogP contribution is -2.30. The Morgan fingerprint density at radius 1 is 1.24 bits per heavy atom. The van der Waals surface area contributed by atoms with Crippen LogP contribution in [0.5, 0.6) is 0 Å². The van der Waals surface area contributed by atoms with Crippen molar-refractivity contribution in [3.63, 3.8) is 0 Å². The summed E-state index contributed by atoms with van der Waals surface area (Å²) < 4.78 is 59.8. The fourth-order valence-electron chi connectivity index (χ4n) is 2.66. The highest BCUT2D eigenvalue weighted by Gasteiger charge is 2.39. The maximum absolute atomic E-state index is 12.5. The number of hydrogen-bond acceptors (Lipinski definition) is 3. The third kappa shape index (κ3) is 5.86. The monoisotopic (exact) mass is 376 g/mol. The first-order chi connectivity index (χ1) is 11.6. The molecule has 5 nitrogen and oxygen atoms in total. The molecule has 1 aromatic rings. The largest absolute Gasteiger partial charge is 0.471 e. The maximum atomic E-state index is 12.5. The number of nitrogens with one attached hydrogen (secondary N) is 1. The standard InChI is InChI=1S/C16H19F3N2O3S/c17-16(18,19)15(22)21-14-7-6-11(8-9-25(20,23)24)10-13(14)12-4-2-1-3-5-12/h4,6-7,10H,1-3,5,8-9H2,(H,21,22)(H2,20,23,24). The van der Waals surface area contributed by atoms with Gasteiger partial charge in [0, 0.05) is 11.3 Å². The van der Waals surface area contributed by atoms with Crippen LogP contribution < -0.4 is 10.5 Å². The number of nitrogens with two attached hydrogens (primary N) is 1. The van der Waals surface area contributed by atoms with Crippen molar-refractivity contribution in [1.29, 1.82) is 0 Å². The van der Waals surface area contributed by atoms with E-state index in [-0.39, 0.29) is 17.9 Å². The lowest BCUT2D eigenvalue weighted by atomic mass is 9.91. The van der Waals surface area contributed by atoms with E-state index in [9.17, 15) is 26.4 Å². The molecule has 0 radical (unpaired) electrons. The Hall–Kier alpha value is -1.87.